The largest absolute Gasteiger partial charge is 0.488 e. The Morgan fingerprint density at radius 1 is 1.47 bits per heavy atom. The van der Waals surface area contributed by atoms with Crippen molar-refractivity contribution in [3.63, 3.8) is 0 Å². The fourth-order valence-electron chi connectivity index (χ4n) is 1.18. The SMILES string of the molecule is C=C(Br)COc1ccc([C@H](O)CC)cc1. The van der Waals surface area contributed by atoms with Gasteiger partial charge in [-0.15, -0.1) is 0 Å². The summed E-state index contributed by atoms with van der Waals surface area (Å²) >= 11 is 3.22. The van der Waals surface area contributed by atoms with E-state index in [0.29, 0.717) is 6.61 Å². The Kier molecular flexibility index (Phi) is 4.85. The van der Waals surface area contributed by atoms with E-state index in [2.05, 4.69) is 22.5 Å². The molecule has 0 unspecified atom stereocenters. The number of halogens is 1. The molecule has 0 spiro atoms. The van der Waals surface area contributed by atoms with E-state index in [-0.39, 0.29) is 6.10 Å². The molecule has 1 rings (SSSR count). The standard InChI is InChI=1S/C12H15BrO2/c1-3-12(14)10-4-6-11(7-5-10)15-8-9(2)13/h4-7,12,14H,2-3,8H2,1H3/t12-/m1/s1. The van der Waals surface area contributed by atoms with Gasteiger partial charge in [-0.25, -0.2) is 0 Å². The summed E-state index contributed by atoms with van der Waals surface area (Å²) in [5.41, 5.74) is 0.919. The summed E-state index contributed by atoms with van der Waals surface area (Å²) in [6.45, 7) is 6.08. The van der Waals surface area contributed by atoms with Crippen LogP contribution in [0.15, 0.2) is 35.3 Å². The van der Waals surface area contributed by atoms with Crippen LogP contribution in [0.4, 0.5) is 0 Å². The van der Waals surface area contributed by atoms with Gasteiger partial charge in [-0.2, -0.15) is 0 Å². The summed E-state index contributed by atoms with van der Waals surface area (Å²) in [5, 5.41) is 9.58. The third kappa shape index (κ3) is 4.06. The molecular formula is C12H15BrO2. The first-order chi connectivity index (χ1) is 7.13. The molecule has 0 aliphatic heterocycles. The van der Waals surface area contributed by atoms with Crippen molar-refractivity contribution in [2.24, 2.45) is 0 Å². The van der Waals surface area contributed by atoms with Crippen LogP contribution in [0, 0.1) is 0 Å². The Balaban J connectivity index is 2.60. The predicted molar refractivity (Wildman–Crippen MR) is 65.3 cm³/mol. The molecule has 0 amide bonds. The number of ether oxygens (including phenoxy) is 1. The lowest BCUT2D eigenvalue weighted by molar-refractivity contribution is 0.173. The molecule has 1 aromatic carbocycles. The van der Waals surface area contributed by atoms with Gasteiger partial charge >= 0.3 is 0 Å². The van der Waals surface area contributed by atoms with Gasteiger partial charge in [-0.1, -0.05) is 41.6 Å². The van der Waals surface area contributed by atoms with E-state index in [4.69, 9.17) is 4.74 Å². The molecule has 0 aliphatic rings. The molecule has 1 aromatic rings. The van der Waals surface area contributed by atoms with Crippen molar-refractivity contribution in [2.45, 2.75) is 19.4 Å². The van der Waals surface area contributed by atoms with Gasteiger partial charge in [0.25, 0.3) is 0 Å². The lowest BCUT2D eigenvalue weighted by Crippen LogP contribution is -1.98. The van der Waals surface area contributed by atoms with Crippen LogP contribution in [0.1, 0.15) is 25.0 Å². The van der Waals surface area contributed by atoms with Crippen LogP contribution < -0.4 is 4.74 Å². The molecule has 2 nitrogen and oxygen atoms in total. The van der Waals surface area contributed by atoms with Gasteiger partial charge in [0, 0.05) is 4.48 Å². The number of aliphatic hydroxyl groups excluding tert-OH is 1. The summed E-state index contributed by atoms with van der Waals surface area (Å²) < 4.78 is 6.21. The van der Waals surface area contributed by atoms with Crippen molar-refractivity contribution in [2.75, 3.05) is 6.61 Å². The molecule has 0 fully saturated rings. The van der Waals surface area contributed by atoms with Crippen LogP contribution in [-0.4, -0.2) is 11.7 Å². The Labute approximate surface area is 98.7 Å². The van der Waals surface area contributed by atoms with Gasteiger partial charge in [0.2, 0.25) is 0 Å². The van der Waals surface area contributed by atoms with E-state index in [1.54, 1.807) is 0 Å². The monoisotopic (exact) mass is 270 g/mol. The molecule has 0 radical (unpaired) electrons. The zero-order valence-corrected chi connectivity index (χ0v) is 10.3. The average molecular weight is 271 g/mol. The topological polar surface area (TPSA) is 29.5 Å². The van der Waals surface area contributed by atoms with E-state index < -0.39 is 0 Å². The normalized spacial score (nSPS) is 12.2. The number of hydrogen-bond donors (Lipinski definition) is 1. The summed E-state index contributed by atoms with van der Waals surface area (Å²) in [6, 6.07) is 7.45. The Bertz CT molecular complexity index is 319. The lowest BCUT2D eigenvalue weighted by atomic mass is 10.1. The van der Waals surface area contributed by atoms with Crippen LogP contribution in [0.5, 0.6) is 5.75 Å². The van der Waals surface area contributed by atoms with Crippen LogP contribution in [0.25, 0.3) is 0 Å². The zero-order chi connectivity index (χ0) is 11.3. The van der Waals surface area contributed by atoms with Crippen molar-refractivity contribution in [1.29, 1.82) is 0 Å². The summed E-state index contributed by atoms with van der Waals surface area (Å²) in [5.74, 6) is 0.780. The maximum Gasteiger partial charge on any atom is 0.119 e. The highest BCUT2D eigenvalue weighted by Gasteiger charge is 2.04. The van der Waals surface area contributed by atoms with E-state index in [1.165, 1.54) is 0 Å². The van der Waals surface area contributed by atoms with Crippen LogP contribution in [0.2, 0.25) is 0 Å². The Morgan fingerprint density at radius 3 is 2.53 bits per heavy atom. The second-order valence-electron chi connectivity index (χ2n) is 3.30. The zero-order valence-electron chi connectivity index (χ0n) is 8.74. The van der Waals surface area contributed by atoms with Crippen LogP contribution >= 0.6 is 15.9 Å². The van der Waals surface area contributed by atoms with Crippen LogP contribution in [0.3, 0.4) is 0 Å². The first-order valence-corrected chi connectivity index (χ1v) is 5.67. The minimum Gasteiger partial charge on any atom is -0.488 e. The van der Waals surface area contributed by atoms with Crippen molar-refractivity contribution in [3.05, 3.63) is 40.9 Å². The van der Waals surface area contributed by atoms with Gasteiger partial charge in [0.05, 0.1) is 6.10 Å². The van der Waals surface area contributed by atoms with Crippen molar-refractivity contribution >= 4 is 15.9 Å². The minimum atomic E-state index is -0.384. The number of aliphatic hydroxyl groups is 1. The van der Waals surface area contributed by atoms with Crippen molar-refractivity contribution in [1.82, 2.24) is 0 Å². The fourth-order valence-corrected chi connectivity index (χ4v) is 1.30. The van der Waals surface area contributed by atoms with Crippen molar-refractivity contribution < 1.29 is 9.84 Å². The summed E-state index contributed by atoms with van der Waals surface area (Å²) in [6.07, 6.45) is 0.337. The molecule has 1 N–H and O–H groups in total. The summed E-state index contributed by atoms with van der Waals surface area (Å²) in [4.78, 5) is 0. The van der Waals surface area contributed by atoms with E-state index >= 15 is 0 Å². The third-order valence-corrected chi connectivity index (χ3v) is 2.28. The maximum absolute atomic E-state index is 9.58. The predicted octanol–water partition coefficient (Wildman–Crippen LogP) is 3.42. The number of hydrogen-bond acceptors (Lipinski definition) is 2. The molecule has 82 valence electrons. The molecule has 0 heterocycles. The molecule has 1 atom stereocenters. The molecule has 0 saturated heterocycles. The van der Waals surface area contributed by atoms with Crippen LogP contribution in [-0.2, 0) is 0 Å². The van der Waals surface area contributed by atoms with Gasteiger partial charge in [0.15, 0.2) is 0 Å². The Morgan fingerprint density at radius 2 is 2.07 bits per heavy atom. The quantitative estimate of drug-likeness (QED) is 0.889. The minimum absolute atomic E-state index is 0.384. The van der Waals surface area contributed by atoms with Gasteiger partial charge in [0.1, 0.15) is 12.4 Å². The molecule has 0 aliphatic carbocycles. The second kappa shape index (κ2) is 5.93. The molecule has 3 heteroatoms. The third-order valence-electron chi connectivity index (χ3n) is 2.05. The first-order valence-electron chi connectivity index (χ1n) is 4.87. The smallest absolute Gasteiger partial charge is 0.119 e. The highest BCUT2D eigenvalue weighted by Crippen LogP contribution is 2.20. The summed E-state index contributed by atoms with van der Waals surface area (Å²) in [7, 11) is 0. The fraction of sp³-hybridized carbons (Fsp3) is 0.333. The Hall–Kier alpha value is -0.800. The van der Waals surface area contributed by atoms with Gasteiger partial charge < -0.3 is 9.84 Å². The maximum atomic E-state index is 9.58. The second-order valence-corrected chi connectivity index (χ2v) is 4.42. The van der Waals surface area contributed by atoms with Crippen molar-refractivity contribution in [3.8, 4) is 5.75 Å². The van der Waals surface area contributed by atoms with E-state index in [1.807, 2.05) is 31.2 Å². The lowest BCUT2D eigenvalue weighted by Gasteiger charge is -2.09. The number of rotatable bonds is 5. The van der Waals surface area contributed by atoms with Gasteiger partial charge in [-0.3, -0.25) is 0 Å². The average Bonchev–Trinajstić information content (AvgIpc) is 2.26. The highest BCUT2D eigenvalue weighted by atomic mass is 79.9. The highest BCUT2D eigenvalue weighted by molar-refractivity contribution is 9.11. The molecule has 0 aromatic heterocycles. The molecular weight excluding hydrogens is 256 g/mol. The molecule has 0 bridgehead atoms. The number of benzene rings is 1. The first kappa shape index (κ1) is 12.3. The van der Waals surface area contributed by atoms with E-state index in [9.17, 15) is 5.11 Å². The van der Waals surface area contributed by atoms with E-state index in [0.717, 1.165) is 22.2 Å². The van der Waals surface area contributed by atoms with Gasteiger partial charge in [-0.05, 0) is 24.1 Å². The molecule has 0 saturated carbocycles. The molecule has 15 heavy (non-hydrogen) atoms.